The van der Waals surface area contributed by atoms with E-state index in [0.29, 0.717) is 0 Å². The minimum Gasteiger partial charge on any atom is -0.454 e. The van der Waals surface area contributed by atoms with E-state index in [1.807, 2.05) is 0 Å². The molecule has 1 aliphatic heterocycles. The lowest BCUT2D eigenvalue weighted by Crippen LogP contribution is -2.15. The maximum atomic E-state index is 12.8. The van der Waals surface area contributed by atoms with E-state index >= 15 is 0 Å². The summed E-state index contributed by atoms with van der Waals surface area (Å²) in [6, 6.07) is 1.84. The van der Waals surface area contributed by atoms with Crippen LogP contribution in [0.1, 0.15) is 22.3 Å². The summed E-state index contributed by atoms with van der Waals surface area (Å²) in [6.07, 6.45) is -4.77. The average molecular weight is 261 g/mol. The van der Waals surface area contributed by atoms with Gasteiger partial charge in [0.05, 0.1) is 5.56 Å². The molecule has 0 unspecified atom stereocenters. The maximum Gasteiger partial charge on any atom is 0.417 e. The van der Waals surface area contributed by atoms with Crippen molar-refractivity contribution in [3.8, 4) is 11.5 Å². The molecule has 0 fully saturated rings. The Kier molecular flexibility index (Phi) is 3.16. The Labute approximate surface area is 100 Å². The molecule has 2 N–H and O–H groups in total. The molecule has 98 valence electrons. The summed E-state index contributed by atoms with van der Waals surface area (Å²) in [4.78, 5) is 11.6. The van der Waals surface area contributed by atoms with Crippen molar-refractivity contribution in [2.45, 2.75) is 12.6 Å². The molecular weight excluding hydrogens is 251 g/mol. The highest BCUT2D eigenvalue weighted by Gasteiger charge is 2.37. The second kappa shape index (κ2) is 4.49. The third-order valence-corrected chi connectivity index (χ3v) is 2.49. The zero-order valence-corrected chi connectivity index (χ0v) is 9.21. The van der Waals surface area contributed by atoms with Gasteiger partial charge in [-0.15, -0.1) is 0 Å². The van der Waals surface area contributed by atoms with E-state index in [-0.39, 0.29) is 31.3 Å². The van der Waals surface area contributed by atoms with Gasteiger partial charge in [-0.05, 0) is 18.7 Å². The van der Waals surface area contributed by atoms with E-state index in [0.717, 1.165) is 12.1 Å². The first-order chi connectivity index (χ1) is 8.43. The van der Waals surface area contributed by atoms with Crippen molar-refractivity contribution in [2.75, 3.05) is 13.3 Å². The van der Waals surface area contributed by atoms with Gasteiger partial charge < -0.3 is 15.2 Å². The van der Waals surface area contributed by atoms with Crippen LogP contribution in [0.2, 0.25) is 0 Å². The number of benzene rings is 1. The molecule has 0 saturated carbocycles. The lowest BCUT2D eigenvalue weighted by Gasteiger charge is -2.12. The number of Topliss-reactive ketones (excluding diaryl/α,β-unsaturated/α-hetero) is 1. The largest absolute Gasteiger partial charge is 0.454 e. The molecule has 18 heavy (non-hydrogen) atoms. The third kappa shape index (κ3) is 2.26. The van der Waals surface area contributed by atoms with Gasteiger partial charge in [-0.25, -0.2) is 0 Å². The second-order valence-corrected chi connectivity index (χ2v) is 3.71. The summed E-state index contributed by atoms with van der Waals surface area (Å²) in [6.45, 7) is -0.161. The third-order valence-electron chi connectivity index (χ3n) is 2.49. The Morgan fingerprint density at radius 3 is 2.44 bits per heavy atom. The van der Waals surface area contributed by atoms with Crippen molar-refractivity contribution in [1.82, 2.24) is 0 Å². The van der Waals surface area contributed by atoms with E-state index < -0.39 is 23.1 Å². The Morgan fingerprint density at radius 2 is 1.89 bits per heavy atom. The summed E-state index contributed by atoms with van der Waals surface area (Å²) in [5, 5.41) is 0. The van der Waals surface area contributed by atoms with Crippen LogP contribution in [0.25, 0.3) is 0 Å². The van der Waals surface area contributed by atoms with Gasteiger partial charge in [0.1, 0.15) is 0 Å². The number of carbonyl (C=O) groups excluding carboxylic acids is 1. The van der Waals surface area contributed by atoms with Gasteiger partial charge in [0.15, 0.2) is 17.3 Å². The molecule has 1 heterocycles. The van der Waals surface area contributed by atoms with Gasteiger partial charge in [-0.2, -0.15) is 13.2 Å². The molecule has 2 rings (SSSR count). The standard InChI is InChI=1S/C11H10F3NO3/c12-11(13,14)7-4-10-9(17-5-18-10)3-6(7)8(16)1-2-15/h3-4H,1-2,5,15H2. The number of ketones is 1. The Balaban J connectivity index is 2.52. The molecule has 0 saturated heterocycles. The van der Waals surface area contributed by atoms with Gasteiger partial charge in [0.2, 0.25) is 6.79 Å². The van der Waals surface area contributed by atoms with Crippen LogP contribution in [0, 0.1) is 0 Å². The molecule has 0 atom stereocenters. The monoisotopic (exact) mass is 261 g/mol. The topological polar surface area (TPSA) is 61.6 Å². The SMILES string of the molecule is NCCC(=O)c1cc2c(cc1C(F)(F)F)OCO2. The molecule has 1 aromatic carbocycles. The van der Waals surface area contributed by atoms with E-state index in [1.165, 1.54) is 0 Å². The van der Waals surface area contributed by atoms with Crippen molar-refractivity contribution >= 4 is 5.78 Å². The normalized spacial score (nSPS) is 13.8. The number of carbonyl (C=O) groups is 1. The number of alkyl halides is 3. The predicted molar refractivity (Wildman–Crippen MR) is 55.6 cm³/mol. The predicted octanol–water partition coefficient (Wildman–Crippen LogP) is 1.97. The first-order valence-corrected chi connectivity index (χ1v) is 5.17. The number of ether oxygens (including phenoxy) is 2. The van der Waals surface area contributed by atoms with Crippen LogP contribution in [0.5, 0.6) is 11.5 Å². The number of nitrogens with two attached hydrogens (primary N) is 1. The zero-order chi connectivity index (χ0) is 13.3. The second-order valence-electron chi connectivity index (χ2n) is 3.71. The molecule has 7 heteroatoms. The molecule has 0 aromatic heterocycles. The highest BCUT2D eigenvalue weighted by atomic mass is 19.4. The fourth-order valence-electron chi connectivity index (χ4n) is 1.67. The minimum absolute atomic E-state index is 0.00776. The number of halogens is 3. The molecule has 0 spiro atoms. The quantitative estimate of drug-likeness (QED) is 0.845. The van der Waals surface area contributed by atoms with Crippen molar-refractivity contribution in [2.24, 2.45) is 5.73 Å². The molecule has 1 aromatic rings. The fourth-order valence-corrected chi connectivity index (χ4v) is 1.67. The minimum atomic E-state index is -4.62. The number of fused-ring (bicyclic) bond motifs is 1. The van der Waals surface area contributed by atoms with Crippen LogP contribution in [-0.4, -0.2) is 19.1 Å². The van der Waals surface area contributed by atoms with E-state index in [4.69, 9.17) is 15.2 Å². The summed E-state index contributed by atoms with van der Waals surface area (Å²) >= 11 is 0. The van der Waals surface area contributed by atoms with Crippen LogP contribution in [0.15, 0.2) is 12.1 Å². The lowest BCUT2D eigenvalue weighted by atomic mass is 10.00. The van der Waals surface area contributed by atoms with Crippen molar-refractivity contribution < 1.29 is 27.4 Å². The first-order valence-electron chi connectivity index (χ1n) is 5.17. The average Bonchev–Trinajstić information content (AvgIpc) is 2.73. The van der Waals surface area contributed by atoms with Gasteiger partial charge in [-0.1, -0.05) is 0 Å². The smallest absolute Gasteiger partial charge is 0.417 e. The fraction of sp³-hybridized carbons (Fsp3) is 0.364. The lowest BCUT2D eigenvalue weighted by molar-refractivity contribution is -0.138. The van der Waals surface area contributed by atoms with Crippen molar-refractivity contribution in [3.63, 3.8) is 0 Å². The summed E-state index contributed by atoms with van der Waals surface area (Å²) in [5.74, 6) is -0.530. The van der Waals surface area contributed by atoms with Crippen LogP contribution < -0.4 is 15.2 Å². The molecule has 0 bridgehead atoms. The molecule has 4 nitrogen and oxygen atoms in total. The van der Waals surface area contributed by atoms with Crippen molar-refractivity contribution in [1.29, 1.82) is 0 Å². The highest BCUT2D eigenvalue weighted by molar-refractivity contribution is 5.98. The zero-order valence-electron chi connectivity index (χ0n) is 9.21. The highest BCUT2D eigenvalue weighted by Crippen LogP contribution is 2.41. The van der Waals surface area contributed by atoms with Crippen LogP contribution in [0.4, 0.5) is 13.2 Å². The molecule has 0 aliphatic carbocycles. The first kappa shape index (κ1) is 12.7. The van der Waals surface area contributed by atoms with Crippen LogP contribution >= 0.6 is 0 Å². The van der Waals surface area contributed by atoms with Gasteiger partial charge in [0, 0.05) is 12.0 Å². The van der Waals surface area contributed by atoms with E-state index in [2.05, 4.69) is 0 Å². The maximum absolute atomic E-state index is 12.8. The molecule has 1 aliphatic rings. The summed E-state index contributed by atoms with van der Waals surface area (Å²) in [5.41, 5.74) is 3.72. The van der Waals surface area contributed by atoms with Crippen molar-refractivity contribution in [3.05, 3.63) is 23.3 Å². The van der Waals surface area contributed by atoms with Crippen LogP contribution in [0.3, 0.4) is 0 Å². The van der Waals surface area contributed by atoms with E-state index in [1.54, 1.807) is 0 Å². The van der Waals surface area contributed by atoms with E-state index in [9.17, 15) is 18.0 Å². The number of hydrogen-bond acceptors (Lipinski definition) is 4. The summed E-state index contributed by atoms with van der Waals surface area (Å²) < 4.78 is 48.3. The Morgan fingerprint density at radius 1 is 1.28 bits per heavy atom. The molecular formula is C11H10F3NO3. The number of rotatable bonds is 3. The van der Waals surface area contributed by atoms with Gasteiger partial charge in [0.25, 0.3) is 0 Å². The van der Waals surface area contributed by atoms with Gasteiger partial charge >= 0.3 is 6.18 Å². The van der Waals surface area contributed by atoms with Gasteiger partial charge in [-0.3, -0.25) is 4.79 Å². The Bertz CT molecular complexity index is 485. The number of hydrogen-bond donors (Lipinski definition) is 1. The summed E-state index contributed by atoms with van der Waals surface area (Å²) in [7, 11) is 0. The molecule has 0 radical (unpaired) electrons. The Hall–Kier alpha value is -1.76. The molecule has 0 amide bonds. The van der Waals surface area contributed by atoms with Crippen LogP contribution in [-0.2, 0) is 6.18 Å².